The van der Waals surface area contributed by atoms with E-state index in [1.54, 1.807) is 0 Å². The second kappa shape index (κ2) is 8.22. The standard InChI is InChI=1S/C18H25N3O4/c1-13-3-2-4-14(10-22)18(13)19-15-5-7-21(8-6-15)9-16(23)20-17-11-24-12-25-17/h2-4,11,15,19,22H,5-10,12H2,1H3,(H,20,23). The zero-order chi connectivity index (χ0) is 17.6. The summed E-state index contributed by atoms with van der Waals surface area (Å²) >= 11 is 0. The number of ether oxygens (including phenoxy) is 2. The second-order valence-corrected chi connectivity index (χ2v) is 6.42. The molecule has 3 rings (SSSR count). The van der Waals surface area contributed by atoms with Crippen LogP contribution in [-0.4, -0.2) is 48.4 Å². The minimum atomic E-state index is -0.0929. The van der Waals surface area contributed by atoms with Gasteiger partial charge in [0.05, 0.1) is 13.2 Å². The average molecular weight is 347 g/mol. The zero-order valence-electron chi connectivity index (χ0n) is 14.5. The highest BCUT2D eigenvalue weighted by Crippen LogP contribution is 2.24. The summed E-state index contributed by atoms with van der Waals surface area (Å²) in [5.41, 5.74) is 3.10. The van der Waals surface area contributed by atoms with Gasteiger partial charge in [-0.2, -0.15) is 0 Å². The molecule has 7 nitrogen and oxygen atoms in total. The Balaban J connectivity index is 1.46. The molecule has 2 aliphatic rings. The molecule has 0 saturated carbocycles. The largest absolute Gasteiger partial charge is 0.459 e. The van der Waals surface area contributed by atoms with Crippen LogP contribution in [0.5, 0.6) is 0 Å². The number of hydrogen-bond donors (Lipinski definition) is 3. The van der Waals surface area contributed by atoms with Crippen molar-refractivity contribution in [2.45, 2.75) is 32.4 Å². The molecule has 0 atom stereocenters. The maximum absolute atomic E-state index is 12.0. The van der Waals surface area contributed by atoms with Crippen LogP contribution in [0.3, 0.4) is 0 Å². The number of para-hydroxylation sites is 1. The summed E-state index contributed by atoms with van der Waals surface area (Å²) in [5.74, 6) is 0.280. The van der Waals surface area contributed by atoms with Crippen LogP contribution in [0.25, 0.3) is 0 Å². The molecule has 25 heavy (non-hydrogen) atoms. The number of piperidine rings is 1. The number of carbonyl (C=O) groups excluding carboxylic acids is 1. The first-order chi connectivity index (χ1) is 12.2. The first-order valence-electron chi connectivity index (χ1n) is 8.58. The van der Waals surface area contributed by atoms with Gasteiger partial charge in [-0.15, -0.1) is 0 Å². The number of benzene rings is 1. The van der Waals surface area contributed by atoms with E-state index in [9.17, 15) is 9.90 Å². The molecule has 0 bridgehead atoms. The lowest BCUT2D eigenvalue weighted by atomic mass is 10.0. The van der Waals surface area contributed by atoms with E-state index in [0.29, 0.717) is 18.5 Å². The highest BCUT2D eigenvalue weighted by atomic mass is 16.7. The van der Waals surface area contributed by atoms with Crippen LogP contribution < -0.4 is 10.6 Å². The van der Waals surface area contributed by atoms with Gasteiger partial charge in [0, 0.05) is 30.4 Å². The smallest absolute Gasteiger partial charge is 0.240 e. The van der Waals surface area contributed by atoms with Crippen LogP contribution in [0.4, 0.5) is 5.69 Å². The Labute approximate surface area is 147 Å². The summed E-state index contributed by atoms with van der Waals surface area (Å²) in [5, 5.41) is 15.8. The van der Waals surface area contributed by atoms with Crippen LogP contribution in [0, 0.1) is 6.92 Å². The fraction of sp³-hybridized carbons (Fsp3) is 0.500. The third kappa shape index (κ3) is 4.64. The lowest BCUT2D eigenvalue weighted by Crippen LogP contribution is -2.44. The van der Waals surface area contributed by atoms with E-state index in [-0.39, 0.29) is 19.3 Å². The molecule has 2 heterocycles. The molecule has 1 aromatic carbocycles. The van der Waals surface area contributed by atoms with E-state index in [1.807, 2.05) is 25.1 Å². The number of amides is 1. The van der Waals surface area contributed by atoms with Crippen molar-refractivity contribution in [2.24, 2.45) is 0 Å². The van der Waals surface area contributed by atoms with Gasteiger partial charge < -0.3 is 19.9 Å². The number of likely N-dealkylation sites (tertiary alicyclic amines) is 1. The quantitative estimate of drug-likeness (QED) is 0.719. The van der Waals surface area contributed by atoms with Gasteiger partial charge in [0.15, 0.2) is 0 Å². The lowest BCUT2D eigenvalue weighted by Gasteiger charge is -2.33. The number of anilines is 1. The Morgan fingerprint density at radius 3 is 2.84 bits per heavy atom. The third-order valence-electron chi connectivity index (χ3n) is 4.57. The summed E-state index contributed by atoms with van der Waals surface area (Å²) in [6.45, 7) is 4.28. The minimum absolute atomic E-state index is 0.0324. The number of rotatable bonds is 6. The molecule has 1 fully saturated rings. The highest BCUT2D eigenvalue weighted by Gasteiger charge is 2.22. The van der Waals surface area contributed by atoms with Crippen LogP contribution in [0.1, 0.15) is 24.0 Å². The number of aliphatic hydroxyl groups excluding tert-OH is 1. The van der Waals surface area contributed by atoms with Gasteiger partial charge in [-0.05, 0) is 25.3 Å². The predicted octanol–water partition coefficient (Wildman–Crippen LogP) is 1.28. The Kier molecular flexibility index (Phi) is 5.78. The van der Waals surface area contributed by atoms with E-state index in [1.165, 1.54) is 6.26 Å². The summed E-state index contributed by atoms with van der Waals surface area (Å²) in [6.07, 6.45) is 3.32. The van der Waals surface area contributed by atoms with E-state index in [0.717, 1.165) is 42.7 Å². The van der Waals surface area contributed by atoms with Gasteiger partial charge in [0.25, 0.3) is 0 Å². The van der Waals surface area contributed by atoms with Crippen LogP contribution in [0.2, 0.25) is 0 Å². The fourth-order valence-corrected chi connectivity index (χ4v) is 3.19. The SMILES string of the molecule is Cc1cccc(CO)c1NC1CCN(CC(=O)NC2=COCO2)CC1. The van der Waals surface area contributed by atoms with Crippen molar-refractivity contribution < 1.29 is 19.4 Å². The normalized spacial score (nSPS) is 18.2. The molecule has 1 saturated heterocycles. The molecular formula is C18H25N3O4. The van der Waals surface area contributed by atoms with E-state index in [4.69, 9.17) is 9.47 Å². The van der Waals surface area contributed by atoms with Gasteiger partial charge >= 0.3 is 0 Å². The molecule has 1 aromatic rings. The van der Waals surface area contributed by atoms with Crippen molar-refractivity contribution in [3.63, 3.8) is 0 Å². The van der Waals surface area contributed by atoms with Crippen molar-refractivity contribution in [1.29, 1.82) is 0 Å². The Morgan fingerprint density at radius 2 is 2.16 bits per heavy atom. The summed E-state index contributed by atoms with van der Waals surface area (Å²) in [4.78, 5) is 14.1. The molecule has 2 aliphatic heterocycles. The molecular weight excluding hydrogens is 322 g/mol. The van der Waals surface area contributed by atoms with Crippen molar-refractivity contribution in [2.75, 3.05) is 31.7 Å². The van der Waals surface area contributed by atoms with E-state index in [2.05, 4.69) is 15.5 Å². The second-order valence-electron chi connectivity index (χ2n) is 6.42. The maximum Gasteiger partial charge on any atom is 0.240 e. The molecule has 7 heteroatoms. The van der Waals surface area contributed by atoms with Gasteiger partial charge in [0.1, 0.15) is 6.26 Å². The minimum Gasteiger partial charge on any atom is -0.459 e. The molecule has 0 radical (unpaired) electrons. The zero-order valence-corrected chi connectivity index (χ0v) is 14.5. The predicted molar refractivity (Wildman–Crippen MR) is 93.4 cm³/mol. The summed E-state index contributed by atoms with van der Waals surface area (Å²) in [7, 11) is 0. The molecule has 1 amide bonds. The maximum atomic E-state index is 12.0. The molecule has 0 unspecified atom stereocenters. The number of aliphatic hydroxyl groups is 1. The molecule has 3 N–H and O–H groups in total. The van der Waals surface area contributed by atoms with Gasteiger partial charge in [-0.25, -0.2) is 0 Å². The fourth-order valence-electron chi connectivity index (χ4n) is 3.19. The first kappa shape index (κ1) is 17.6. The number of nitrogens with one attached hydrogen (secondary N) is 2. The number of nitrogens with zero attached hydrogens (tertiary/aromatic N) is 1. The van der Waals surface area contributed by atoms with E-state index < -0.39 is 0 Å². The third-order valence-corrected chi connectivity index (χ3v) is 4.57. The Bertz CT molecular complexity index is 639. The molecule has 0 aromatic heterocycles. The lowest BCUT2D eigenvalue weighted by molar-refractivity contribution is -0.122. The number of hydrogen-bond acceptors (Lipinski definition) is 6. The van der Waals surface area contributed by atoms with Gasteiger partial charge in [0.2, 0.25) is 18.6 Å². The summed E-state index contributed by atoms with van der Waals surface area (Å²) < 4.78 is 10.00. The number of aryl methyl sites for hydroxylation is 1. The van der Waals surface area contributed by atoms with Crippen molar-refractivity contribution in [3.8, 4) is 0 Å². The monoisotopic (exact) mass is 347 g/mol. The topological polar surface area (TPSA) is 83.1 Å². The van der Waals surface area contributed by atoms with Crippen molar-refractivity contribution in [1.82, 2.24) is 10.2 Å². The number of carbonyl (C=O) groups is 1. The molecule has 0 aliphatic carbocycles. The first-order valence-corrected chi connectivity index (χ1v) is 8.58. The van der Waals surface area contributed by atoms with Gasteiger partial charge in [-0.1, -0.05) is 18.2 Å². The summed E-state index contributed by atoms with van der Waals surface area (Å²) in [6, 6.07) is 6.30. The van der Waals surface area contributed by atoms with Crippen LogP contribution >= 0.6 is 0 Å². The van der Waals surface area contributed by atoms with E-state index >= 15 is 0 Å². The highest BCUT2D eigenvalue weighted by molar-refractivity contribution is 5.79. The Morgan fingerprint density at radius 1 is 1.36 bits per heavy atom. The van der Waals surface area contributed by atoms with Gasteiger partial charge in [-0.3, -0.25) is 15.0 Å². The molecule has 136 valence electrons. The average Bonchev–Trinajstić information content (AvgIpc) is 3.11. The van der Waals surface area contributed by atoms with Crippen molar-refractivity contribution >= 4 is 11.6 Å². The molecule has 0 spiro atoms. The van der Waals surface area contributed by atoms with Crippen molar-refractivity contribution in [3.05, 3.63) is 41.5 Å². The Hall–Kier alpha value is -2.25. The van der Waals surface area contributed by atoms with Crippen LogP contribution in [-0.2, 0) is 20.9 Å². The van der Waals surface area contributed by atoms with Crippen LogP contribution in [0.15, 0.2) is 30.3 Å².